The highest BCUT2D eigenvalue weighted by molar-refractivity contribution is 5.96. The maximum atomic E-state index is 11.8. The molecule has 8 heteroatoms. The summed E-state index contributed by atoms with van der Waals surface area (Å²) in [7, 11) is 0. The first-order valence-corrected chi connectivity index (χ1v) is 7.83. The first kappa shape index (κ1) is 17.3. The van der Waals surface area contributed by atoms with Gasteiger partial charge in [-0.3, -0.25) is 9.59 Å². The van der Waals surface area contributed by atoms with Crippen LogP contribution in [0.15, 0.2) is 54.3 Å². The number of nitrogens with zero attached hydrogens (tertiary/aromatic N) is 1. The van der Waals surface area contributed by atoms with Gasteiger partial charge in [0.15, 0.2) is 17.2 Å². The maximum Gasteiger partial charge on any atom is 0.322 e. The topological polar surface area (TPSA) is 118 Å². The minimum atomic E-state index is -1.20. The van der Waals surface area contributed by atoms with Gasteiger partial charge in [-0.1, -0.05) is 18.2 Å². The Hall–Kier alpha value is -3.55. The van der Waals surface area contributed by atoms with Crippen LogP contribution in [0.5, 0.6) is 5.75 Å². The van der Waals surface area contributed by atoms with Gasteiger partial charge in [-0.15, -0.1) is 0 Å². The van der Waals surface area contributed by atoms with Gasteiger partial charge in [0.05, 0.1) is 0 Å². The summed E-state index contributed by atoms with van der Waals surface area (Å²) in [6, 6.07) is 1.30. The molecule has 0 unspecified atom stereocenters. The molecular weight excluding hydrogens is 340 g/mol. The lowest BCUT2D eigenvalue weighted by molar-refractivity contribution is -0.135. The van der Waals surface area contributed by atoms with Crippen molar-refractivity contribution in [3.63, 3.8) is 0 Å². The number of nitrogens with one attached hydrogen (secondary N) is 1. The van der Waals surface area contributed by atoms with Crippen LogP contribution >= 0.6 is 0 Å². The maximum absolute atomic E-state index is 11.8. The predicted octanol–water partition coefficient (Wildman–Crippen LogP) is 2.06. The molecule has 0 saturated carbocycles. The lowest BCUT2D eigenvalue weighted by atomic mass is 10.0. The van der Waals surface area contributed by atoms with Gasteiger partial charge in [0, 0.05) is 11.8 Å². The number of ether oxygens (including phenoxy) is 2. The molecular formula is C18H16N2O6. The number of amides is 1. The Morgan fingerprint density at radius 3 is 2.77 bits per heavy atom. The van der Waals surface area contributed by atoms with E-state index >= 15 is 0 Å². The summed E-state index contributed by atoms with van der Waals surface area (Å²) >= 11 is 0. The average molecular weight is 356 g/mol. The van der Waals surface area contributed by atoms with Crippen molar-refractivity contribution >= 4 is 17.6 Å². The third kappa shape index (κ3) is 3.92. The van der Waals surface area contributed by atoms with E-state index < -0.39 is 24.2 Å². The molecule has 2 aliphatic rings. The Balaban J connectivity index is 1.74. The number of aliphatic carboxylic acids is 1. The quantitative estimate of drug-likeness (QED) is 0.739. The molecule has 0 saturated heterocycles. The summed E-state index contributed by atoms with van der Waals surface area (Å²) in [6.45, 7) is -0.568. The fraction of sp³-hybridized carbons (Fsp3) is 0.167. The summed E-state index contributed by atoms with van der Waals surface area (Å²) in [6.07, 6.45) is 11.9. The molecule has 0 spiro atoms. The minimum Gasteiger partial charge on any atom is -0.505 e. The summed E-state index contributed by atoms with van der Waals surface area (Å²) in [5.41, 5.74) is 1.12. The van der Waals surface area contributed by atoms with Crippen LogP contribution in [-0.4, -0.2) is 33.6 Å². The number of carbonyl (C=O) groups is 2. The molecule has 0 radical (unpaired) electrons. The monoisotopic (exact) mass is 356 g/mol. The number of pyridine rings is 1. The Kier molecular flexibility index (Phi) is 5.02. The molecule has 0 fully saturated rings. The second-order valence-corrected chi connectivity index (χ2v) is 5.53. The Morgan fingerprint density at radius 1 is 1.27 bits per heavy atom. The highest BCUT2D eigenvalue weighted by atomic mass is 16.5. The zero-order valence-corrected chi connectivity index (χ0v) is 13.6. The average Bonchev–Trinajstić information content (AvgIpc) is 2.67. The van der Waals surface area contributed by atoms with Crippen molar-refractivity contribution in [2.45, 2.75) is 12.8 Å². The second kappa shape index (κ2) is 7.56. The molecule has 0 atom stereocenters. The SMILES string of the molecule is O=C(O)CNC(=O)c1ncc(C2=COC=C(C3=CC=CCC3)O2)cc1O. The third-order valence-electron chi connectivity index (χ3n) is 3.67. The van der Waals surface area contributed by atoms with E-state index in [4.69, 9.17) is 14.6 Å². The highest BCUT2D eigenvalue weighted by Crippen LogP contribution is 2.31. The predicted molar refractivity (Wildman–Crippen MR) is 90.6 cm³/mol. The standard InChI is InChI=1S/C18H16N2O6/c21-13-6-12(7-19-17(13)18(24)20-8-16(22)23)15-10-25-9-14(26-15)11-4-2-1-3-5-11/h1-2,4,6-7,9-10,21H,3,5,8H2,(H,20,24)(H,22,23). The fourth-order valence-corrected chi connectivity index (χ4v) is 2.40. The van der Waals surface area contributed by atoms with Crippen LogP contribution in [0.3, 0.4) is 0 Å². The lowest BCUT2D eigenvalue weighted by Gasteiger charge is -2.19. The number of carboxylic acids is 1. The number of carboxylic acid groups (broad SMARTS) is 1. The first-order valence-electron chi connectivity index (χ1n) is 7.83. The van der Waals surface area contributed by atoms with E-state index in [1.807, 2.05) is 12.2 Å². The van der Waals surface area contributed by atoms with Gasteiger partial charge >= 0.3 is 5.97 Å². The zero-order chi connectivity index (χ0) is 18.5. The molecule has 1 aliphatic carbocycles. The molecule has 0 aromatic carbocycles. The summed E-state index contributed by atoms with van der Waals surface area (Å²) in [4.78, 5) is 26.2. The smallest absolute Gasteiger partial charge is 0.322 e. The van der Waals surface area contributed by atoms with Gasteiger partial charge < -0.3 is 25.0 Å². The van der Waals surface area contributed by atoms with Crippen LogP contribution in [-0.2, 0) is 14.3 Å². The van der Waals surface area contributed by atoms with E-state index in [1.54, 1.807) is 0 Å². The number of allylic oxidation sites excluding steroid dienone is 4. The summed E-state index contributed by atoms with van der Waals surface area (Å²) in [5, 5.41) is 20.8. The Morgan fingerprint density at radius 2 is 2.08 bits per heavy atom. The van der Waals surface area contributed by atoms with E-state index in [2.05, 4.69) is 16.4 Å². The molecule has 0 bridgehead atoms. The highest BCUT2D eigenvalue weighted by Gasteiger charge is 2.20. The van der Waals surface area contributed by atoms with Gasteiger partial charge in [0.1, 0.15) is 24.8 Å². The Bertz CT molecular complexity index is 866. The van der Waals surface area contributed by atoms with Gasteiger partial charge in [0.25, 0.3) is 5.91 Å². The van der Waals surface area contributed by atoms with Crippen LogP contribution < -0.4 is 5.32 Å². The molecule has 1 aliphatic heterocycles. The van der Waals surface area contributed by atoms with Crippen molar-refractivity contribution in [3.8, 4) is 5.75 Å². The van der Waals surface area contributed by atoms with Crippen LogP contribution in [0, 0.1) is 0 Å². The second-order valence-electron chi connectivity index (χ2n) is 5.53. The molecule has 8 nitrogen and oxygen atoms in total. The van der Waals surface area contributed by atoms with Crippen molar-refractivity contribution in [2.75, 3.05) is 6.54 Å². The molecule has 134 valence electrons. The number of hydrogen-bond donors (Lipinski definition) is 3. The summed E-state index contributed by atoms with van der Waals surface area (Å²) < 4.78 is 11.1. The molecule has 3 rings (SSSR count). The normalized spacial score (nSPS) is 15.8. The van der Waals surface area contributed by atoms with Gasteiger partial charge in [-0.05, 0) is 24.5 Å². The van der Waals surface area contributed by atoms with Gasteiger partial charge in [0.2, 0.25) is 0 Å². The minimum absolute atomic E-state index is 0.275. The molecule has 3 N–H and O–H groups in total. The molecule has 1 aromatic heterocycles. The molecule has 1 amide bonds. The van der Waals surface area contributed by atoms with Gasteiger partial charge in [-0.25, -0.2) is 4.98 Å². The van der Waals surface area contributed by atoms with Crippen LogP contribution in [0.1, 0.15) is 28.9 Å². The zero-order valence-electron chi connectivity index (χ0n) is 13.6. The van der Waals surface area contributed by atoms with E-state index in [0.717, 1.165) is 18.4 Å². The number of aromatic hydroxyl groups is 1. The van der Waals surface area contributed by atoms with E-state index in [-0.39, 0.29) is 5.69 Å². The summed E-state index contributed by atoms with van der Waals surface area (Å²) in [5.74, 6) is -1.48. The van der Waals surface area contributed by atoms with Crippen LogP contribution in [0.4, 0.5) is 0 Å². The number of rotatable bonds is 5. The van der Waals surface area contributed by atoms with E-state index in [0.29, 0.717) is 17.1 Å². The van der Waals surface area contributed by atoms with Crippen molar-refractivity contribution in [3.05, 3.63) is 65.6 Å². The first-order chi connectivity index (χ1) is 12.5. The Labute approximate surface area is 148 Å². The molecule has 26 heavy (non-hydrogen) atoms. The van der Waals surface area contributed by atoms with Crippen molar-refractivity contribution in [1.29, 1.82) is 0 Å². The lowest BCUT2D eigenvalue weighted by Crippen LogP contribution is -2.29. The molecule has 2 heterocycles. The van der Waals surface area contributed by atoms with Crippen molar-refractivity contribution in [2.24, 2.45) is 0 Å². The molecule has 1 aromatic rings. The van der Waals surface area contributed by atoms with Crippen LogP contribution in [0.25, 0.3) is 5.76 Å². The van der Waals surface area contributed by atoms with E-state index in [9.17, 15) is 14.7 Å². The van der Waals surface area contributed by atoms with Crippen molar-refractivity contribution in [1.82, 2.24) is 10.3 Å². The fourth-order valence-electron chi connectivity index (χ4n) is 2.40. The number of aromatic nitrogens is 1. The van der Waals surface area contributed by atoms with Gasteiger partial charge in [-0.2, -0.15) is 0 Å². The number of carbonyl (C=O) groups excluding carboxylic acids is 1. The largest absolute Gasteiger partial charge is 0.505 e. The van der Waals surface area contributed by atoms with E-state index in [1.165, 1.54) is 24.8 Å². The van der Waals surface area contributed by atoms with Crippen molar-refractivity contribution < 1.29 is 29.3 Å². The third-order valence-corrected chi connectivity index (χ3v) is 3.67. The van der Waals surface area contributed by atoms with Crippen LogP contribution in [0.2, 0.25) is 0 Å². The number of hydrogen-bond acceptors (Lipinski definition) is 6.